The molecule has 3 nitrogen and oxygen atoms in total. The summed E-state index contributed by atoms with van der Waals surface area (Å²) in [5.74, 6) is 0.551. The minimum atomic E-state index is -4.20. The van der Waals surface area contributed by atoms with Gasteiger partial charge >= 0.3 is 6.18 Å². The van der Waals surface area contributed by atoms with Crippen molar-refractivity contribution >= 4 is 0 Å². The van der Waals surface area contributed by atoms with E-state index in [0.717, 1.165) is 12.8 Å². The molecule has 2 rings (SSSR count). The monoisotopic (exact) mass is 289 g/mol. The van der Waals surface area contributed by atoms with E-state index in [9.17, 15) is 13.2 Å². The highest BCUT2D eigenvalue weighted by molar-refractivity contribution is 5.37. The number of rotatable bonds is 6. The zero-order valence-corrected chi connectivity index (χ0v) is 11.3. The molecule has 6 heteroatoms. The van der Waals surface area contributed by atoms with Crippen molar-refractivity contribution < 1.29 is 23.0 Å². The van der Waals surface area contributed by atoms with Crippen LogP contribution in [0.15, 0.2) is 18.2 Å². The molecule has 112 valence electrons. The second-order valence-corrected chi connectivity index (χ2v) is 5.06. The Morgan fingerprint density at radius 1 is 1.35 bits per heavy atom. The summed E-state index contributed by atoms with van der Waals surface area (Å²) in [4.78, 5) is 1.43. The van der Waals surface area contributed by atoms with Crippen LogP contribution in [-0.2, 0) is 13.2 Å². The molecule has 0 saturated heterocycles. The minimum Gasteiger partial charge on any atom is -0.496 e. The highest BCUT2D eigenvalue weighted by atomic mass is 19.4. The molecule has 1 saturated carbocycles. The van der Waals surface area contributed by atoms with Crippen molar-refractivity contribution in [2.24, 2.45) is 0 Å². The number of nitrogens with zero attached hydrogens (tertiary/aromatic N) is 1. The van der Waals surface area contributed by atoms with Gasteiger partial charge in [0, 0.05) is 18.2 Å². The van der Waals surface area contributed by atoms with Gasteiger partial charge in [-0.1, -0.05) is 6.07 Å². The Bertz CT molecular complexity index is 458. The topological polar surface area (TPSA) is 32.7 Å². The van der Waals surface area contributed by atoms with E-state index in [0.29, 0.717) is 16.9 Å². The van der Waals surface area contributed by atoms with Gasteiger partial charge in [0.25, 0.3) is 0 Å². The molecule has 0 spiro atoms. The van der Waals surface area contributed by atoms with Crippen LogP contribution >= 0.6 is 0 Å². The quantitative estimate of drug-likeness (QED) is 0.874. The number of methoxy groups -OCH3 is 1. The maximum absolute atomic E-state index is 12.6. The third kappa shape index (κ3) is 4.11. The number of alkyl halides is 3. The Kier molecular flexibility index (Phi) is 4.55. The van der Waals surface area contributed by atoms with Crippen molar-refractivity contribution in [2.75, 3.05) is 13.7 Å². The number of hydrogen-bond donors (Lipinski definition) is 1. The van der Waals surface area contributed by atoms with Crippen LogP contribution in [0, 0.1) is 0 Å². The highest BCUT2D eigenvalue weighted by Gasteiger charge is 2.38. The van der Waals surface area contributed by atoms with E-state index in [-0.39, 0.29) is 19.2 Å². The van der Waals surface area contributed by atoms with Gasteiger partial charge in [-0.25, -0.2) is 0 Å². The van der Waals surface area contributed by atoms with E-state index >= 15 is 0 Å². The van der Waals surface area contributed by atoms with Gasteiger partial charge in [-0.2, -0.15) is 13.2 Å². The largest absolute Gasteiger partial charge is 0.496 e. The van der Waals surface area contributed by atoms with Crippen LogP contribution in [0.5, 0.6) is 5.75 Å². The number of aliphatic hydroxyl groups excluding tert-OH is 1. The van der Waals surface area contributed by atoms with Gasteiger partial charge in [-0.15, -0.1) is 0 Å². The Labute approximate surface area is 116 Å². The third-order valence-corrected chi connectivity index (χ3v) is 3.35. The van der Waals surface area contributed by atoms with Crippen molar-refractivity contribution in [3.63, 3.8) is 0 Å². The molecule has 1 aromatic carbocycles. The van der Waals surface area contributed by atoms with Gasteiger partial charge in [0.15, 0.2) is 0 Å². The van der Waals surface area contributed by atoms with E-state index in [1.807, 2.05) is 0 Å². The summed E-state index contributed by atoms with van der Waals surface area (Å²) >= 11 is 0. The summed E-state index contributed by atoms with van der Waals surface area (Å²) in [6, 6.07) is 5.08. The second-order valence-electron chi connectivity index (χ2n) is 5.06. The Morgan fingerprint density at radius 3 is 2.55 bits per heavy atom. The summed E-state index contributed by atoms with van der Waals surface area (Å²) in [7, 11) is 1.49. The van der Waals surface area contributed by atoms with Gasteiger partial charge in [0.1, 0.15) is 5.75 Å². The number of aliphatic hydroxyl groups is 1. The first-order valence-electron chi connectivity index (χ1n) is 6.50. The van der Waals surface area contributed by atoms with Crippen LogP contribution in [0.1, 0.15) is 24.0 Å². The first-order chi connectivity index (χ1) is 9.43. The van der Waals surface area contributed by atoms with Crippen molar-refractivity contribution in [3.05, 3.63) is 29.3 Å². The maximum atomic E-state index is 12.6. The molecule has 0 aromatic heterocycles. The molecule has 0 amide bonds. The van der Waals surface area contributed by atoms with E-state index in [4.69, 9.17) is 9.84 Å². The van der Waals surface area contributed by atoms with Gasteiger partial charge < -0.3 is 9.84 Å². The average Bonchev–Trinajstić information content (AvgIpc) is 3.20. The van der Waals surface area contributed by atoms with Crippen molar-refractivity contribution in [3.8, 4) is 5.75 Å². The molecule has 0 radical (unpaired) electrons. The Balaban J connectivity index is 2.16. The smallest absolute Gasteiger partial charge is 0.401 e. The van der Waals surface area contributed by atoms with Crippen LogP contribution in [0.4, 0.5) is 13.2 Å². The van der Waals surface area contributed by atoms with Gasteiger partial charge in [0.05, 0.1) is 20.3 Å². The first-order valence-corrected chi connectivity index (χ1v) is 6.50. The van der Waals surface area contributed by atoms with E-state index < -0.39 is 12.7 Å². The molecule has 0 aliphatic heterocycles. The molecule has 0 bridgehead atoms. The summed E-state index contributed by atoms with van der Waals surface area (Å²) in [6.07, 6.45) is -2.60. The summed E-state index contributed by atoms with van der Waals surface area (Å²) in [5, 5.41) is 9.13. The van der Waals surface area contributed by atoms with Crippen LogP contribution in [0.2, 0.25) is 0 Å². The molecule has 0 heterocycles. The SMILES string of the molecule is COc1ccc(CO)cc1CN(CC(F)(F)F)C1CC1. The van der Waals surface area contributed by atoms with Crippen molar-refractivity contribution in [1.82, 2.24) is 4.90 Å². The van der Waals surface area contributed by atoms with Crippen LogP contribution < -0.4 is 4.74 Å². The van der Waals surface area contributed by atoms with Crippen LogP contribution in [0.3, 0.4) is 0 Å². The van der Waals surface area contributed by atoms with Gasteiger partial charge in [-0.05, 0) is 30.5 Å². The minimum absolute atomic E-state index is 0.000821. The predicted molar refractivity (Wildman–Crippen MR) is 68.4 cm³/mol. The summed E-state index contributed by atoms with van der Waals surface area (Å²) in [5.41, 5.74) is 1.35. The predicted octanol–water partition coefficient (Wildman–Crippen LogP) is 2.71. The van der Waals surface area contributed by atoms with Crippen LogP contribution in [-0.4, -0.2) is 35.9 Å². The standard InChI is InChI=1S/C14H18F3NO2/c1-20-13-5-2-10(8-19)6-11(13)7-18(12-3-4-12)9-14(15,16)17/h2,5-6,12,19H,3-4,7-9H2,1H3. The zero-order chi connectivity index (χ0) is 14.8. The van der Waals surface area contributed by atoms with Crippen molar-refractivity contribution in [2.45, 2.75) is 38.2 Å². The van der Waals surface area contributed by atoms with Gasteiger partial charge in [0.2, 0.25) is 0 Å². The molecule has 1 aromatic rings. The number of benzene rings is 1. The van der Waals surface area contributed by atoms with E-state index in [2.05, 4.69) is 0 Å². The molecular weight excluding hydrogens is 271 g/mol. The fourth-order valence-electron chi connectivity index (χ4n) is 2.26. The number of ether oxygens (including phenoxy) is 1. The zero-order valence-electron chi connectivity index (χ0n) is 11.3. The molecule has 1 N–H and O–H groups in total. The van der Waals surface area contributed by atoms with E-state index in [1.165, 1.54) is 12.0 Å². The fourth-order valence-corrected chi connectivity index (χ4v) is 2.26. The fraction of sp³-hybridized carbons (Fsp3) is 0.571. The maximum Gasteiger partial charge on any atom is 0.401 e. The lowest BCUT2D eigenvalue weighted by molar-refractivity contribution is -0.148. The highest BCUT2D eigenvalue weighted by Crippen LogP contribution is 2.33. The Morgan fingerprint density at radius 2 is 2.05 bits per heavy atom. The molecule has 0 atom stereocenters. The average molecular weight is 289 g/mol. The van der Waals surface area contributed by atoms with E-state index in [1.54, 1.807) is 18.2 Å². The number of halogens is 3. The summed E-state index contributed by atoms with van der Waals surface area (Å²) < 4.78 is 43.0. The second kappa shape index (κ2) is 6.01. The lowest BCUT2D eigenvalue weighted by atomic mass is 10.1. The lowest BCUT2D eigenvalue weighted by Crippen LogP contribution is -2.35. The Hall–Kier alpha value is -1.27. The third-order valence-electron chi connectivity index (χ3n) is 3.35. The normalized spacial score (nSPS) is 15.7. The summed E-state index contributed by atoms with van der Waals surface area (Å²) in [6.45, 7) is -0.870. The molecule has 0 unspecified atom stereocenters. The molecule has 1 aliphatic rings. The number of hydrogen-bond acceptors (Lipinski definition) is 3. The van der Waals surface area contributed by atoms with Gasteiger partial charge in [-0.3, -0.25) is 4.90 Å². The molecule has 1 fully saturated rings. The molecule has 1 aliphatic carbocycles. The molecule has 20 heavy (non-hydrogen) atoms. The first kappa shape index (κ1) is 15.1. The lowest BCUT2D eigenvalue weighted by Gasteiger charge is -2.24. The van der Waals surface area contributed by atoms with Crippen molar-refractivity contribution in [1.29, 1.82) is 0 Å². The molecular formula is C14H18F3NO2. The van der Waals surface area contributed by atoms with Crippen LogP contribution in [0.25, 0.3) is 0 Å².